The average Bonchev–Trinajstić information content (AvgIpc) is 2.45. The first kappa shape index (κ1) is 65.6. The van der Waals surface area contributed by atoms with Crippen molar-refractivity contribution in [3.8, 4) is 11.8 Å². The van der Waals surface area contributed by atoms with E-state index in [-0.39, 0.29) is 64.7 Å². The Morgan fingerprint density at radius 1 is 0.570 bits per heavy atom. The van der Waals surface area contributed by atoms with Gasteiger partial charge >= 0.3 is 0 Å². The van der Waals surface area contributed by atoms with Crippen LogP contribution in [-0.2, 0) is 26.1 Å². The van der Waals surface area contributed by atoms with Crippen LogP contribution in [-0.4, -0.2) is 85.8 Å². The number of nitro groups is 1. The summed E-state index contributed by atoms with van der Waals surface area (Å²) in [4.78, 5) is 47.8. The van der Waals surface area contributed by atoms with Gasteiger partial charge in [-0.05, 0) is 167 Å². The highest BCUT2D eigenvalue weighted by Crippen LogP contribution is 2.34. The van der Waals surface area contributed by atoms with Crippen LogP contribution in [0, 0.1) is 56.6 Å². The van der Waals surface area contributed by atoms with Gasteiger partial charge in [0.25, 0.3) is 22.4 Å². The van der Waals surface area contributed by atoms with Crippen LogP contribution in [0.25, 0.3) is 43.2 Å². The lowest BCUT2D eigenvalue weighted by molar-refractivity contribution is -0.384. The van der Waals surface area contributed by atoms with E-state index in [9.17, 15) is 34.7 Å². The maximum Gasteiger partial charge on any atom is 0.270 e. The topological polar surface area (TPSA) is 218 Å². The molecule has 2 unspecified atom stereocenters. The highest BCUT2D eigenvalue weighted by atomic mass is 16.6. The Kier molecular flexibility index (Phi) is 20.4. The minimum absolute atomic E-state index is 0.0378. The van der Waals surface area contributed by atoms with Crippen molar-refractivity contribution >= 4 is 48.9 Å². The smallest absolute Gasteiger partial charge is 0.270 e. The van der Waals surface area contributed by atoms with E-state index in [1.807, 2.05) is 192 Å². The number of aromatic nitrogens is 5. The van der Waals surface area contributed by atoms with Gasteiger partial charge in [-0.15, -0.1) is 5.92 Å². The molecule has 0 bridgehead atoms. The number of ether oxygens (including phenoxy) is 2. The summed E-state index contributed by atoms with van der Waals surface area (Å²) in [5.74, 6) is 6.04. The van der Waals surface area contributed by atoms with Crippen LogP contribution in [0.1, 0.15) is 128 Å². The summed E-state index contributed by atoms with van der Waals surface area (Å²) < 4.78 is 20.2. The number of rotatable bonds is 5. The number of aliphatic hydroxyl groups excluding tert-OH is 4. The summed E-state index contributed by atoms with van der Waals surface area (Å²) in [6, 6.07) is 28.4. The summed E-state index contributed by atoms with van der Waals surface area (Å²) in [6.45, 7) is 29.8. The SMILES string of the molecule is CC#Cc1cn(C(C)(C)C)c(=O)c2c(C)cccc12.Cc1cc(C)c2c(=O)n(C(C)(C)C)ccc2c1.Cc1cccc2ccn(C(C)(C)C)c(=O)c12.Cc1ccn([C@H]2CC(O)[C@@H](CO)O2)c1.O=[N+]([O-])c1ccc2c(ccn2[C@H]2CC(O)[C@@H](CO)O2)c1. The Balaban J connectivity index is 0.000000155. The van der Waals surface area contributed by atoms with Crippen LogP contribution in [0.5, 0.6) is 0 Å². The number of fused-ring (bicyclic) bond motifs is 4. The van der Waals surface area contributed by atoms with Gasteiger partial charge in [-0.25, -0.2) is 0 Å². The lowest BCUT2D eigenvalue weighted by atomic mass is 10.0. The molecular formula is C69H84N6O11. The molecule has 86 heavy (non-hydrogen) atoms. The Morgan fingerprint density at radius 2 is 1.09 bits per heavy atom. The molecule has 17 nitrogen and oxygen atoms in total. The van der Waals surface area contributed by atoms with Gasteiger partial charge in [-0.1, -0.05) is 60.0 Å². The molecule has 9 aromatic rings. The number of benzene rings is 4. The van der Waals surface area contributed by atoms with E-state index >= 15 is 0 Å². The van der Waals surface area contributed by atoms with Crippen molar-refractivity contribution in [1.82, 2.24) is 22.8 Å². The maximum absolute atomic E-state index is 12.7. The Hall–Kier alpha value is -7.95. The van der Waals surface area contributed by atoms with Gasteiger partial charge in [0.1, 0.15) is 24.7 Å². The Bertz CT molecular complexity index is 4150. The molecule has 0 radical (unpaired) electrons. The molecule has 0 spiro atoms. The second kappa shape index (κ2) is 26.8. The molecule has 5 aromatic heterocycles. The lowest BCUT2D eigenvalue weighted by Gasteiger charge is -2.23. The second-order valence-corrected chi connectivity index (χ2v) is 25.3. The molecule has 0 aliphatic carbocycles. The number of hydrogen-bond donors (Lipinski definition) is 4. The fourth-order valence-electron chi connectivity index (χ4n) is 10.9. The molecule has 17 heteroatoms. The molecule has 7 heterocycles. The third kappa shape index (κ3) is 14.8. The number of non-ortho nitro benzene ring substituents is 1. The monoisotopic (exact) mass is 1170 g/mol. The van der Waals surface area contributed by atoms with Crippen LogP contribution in [0.3, 0.4) is 0 Å². The average molecular weight is 1170 g/mol. The van der Waals surface area contributed by atoms with Crippen LogP contribution in [0.4, 0.5) is 5.69 Å². The van der Waals surface area contributed by atoms with Gasteiger partial charge < -0.3 is 52.7 Å². The van der Waals surface area contributed by atoms with E-state index in [1.165, 1.54) is 17.7 Å². The van der Waals surface area contributed by atoms with Gasteiger partial charge in [0.15, 0.2) is 0 Å². The van der Waals surface area contributed by atoms with Gasteiger partial charge in [0.2, 0.25) is 0 Å². The molecule has 4 N–H and O–H groups in total. The highest BCUT2D eigenvalue weighted by Gasteiger charge is 2.36. The zero-order valence-electron chi connectivity index (χ0n) is 52.2. The Morgan fingerprint density at radius 3 is 1.63 bits per heavy atom. The van der Waals surface area contributed by atoms with E-state index in [0.717, 1.165) is 71.0 Å². The standard InChI is InChI=1S/C17H19NO.C15H19NO.C14H17NO.C13H14N2O5.C10H15NO3/c1-6-8-13-11-18(17(3,4)5)16(19)15-12(2)9-7-10-14(13)15;1-10-8-11(2)13-12(9-10)6-7-16(14(13)17)15(3,4)5;1-10-6-5-7-11-8-9-15(14(2,3)4)13(16)12(10)11;16-7-12-11(17)6-13(20-12)14-4-3-8-5-9(15(18)19)1-2-10(8)14;1-7-2-3-11(5-7)10-4-8(13)9(6-12)14-10/h7,9-11H,1-5H3;6-9H,1-5H3;5-9H,1-4H3;1-5,11-13,16-17H,6-7H2;2-3,5,8-10,12-13H,4,6H2,1H3/t;;;11?,12-,13-;8?,9-,10-/m...11/s1. The summed E-state index contributed by atoms with van der Waals surface area (Å²) in [5, 5.41) is 54.2. The lowest BCUT2D eigenvalue weighted by Crippen LogP contribution is -2.34. The molecule has 0 amide bonds. The number of nitro benzene ring substituents is 1. The first-order valence-corrected chi connectivity index (χ1v) is 29.0. The van der Waals surface area contributed by atoms with Crippen molar-refractivity contribution in [3.05, 3.63) is 203 Å². The molecule has 2 aliphatic rings. The predicted octanol–water partition coefficient (Wildman–Crippen LogP) is 11.5. The predicted molar refractivity (Wildman–Crippen MR) is 342 cm³/mol. The summed E-state index contributed by atoms with van der Waals surface area (Å²) >= 11 is 0. The van der Waals surface area contributed by atoms with Crippen molar-refractivity contribution in [2.24, 2.45) is 0 Å². The maximum atomic E-state index is 12.7. The van der Waals surface area contributed by atoms with Crippen molar-refractivity contribution < 1.29 is 34.8 Å². The van der Waals surface area contributed by atoms with E-state index in [2.05, 4.69) is 30.9 Å². The van der Waals surface area contributed by atoms with Crippen LogP contribution in [0.15, 0.2) is 143 Å². The van der Waals surface area contributed by atoms with Crippen LogP contribution in [0.2, 0.25) is 0 Å². The van der Waals surface area contributed by atoms with Crippen molar-refractivity contribution in [3.63, 3.8) is 0 Å². The fraction of sp³-hybridized carbons (Fsp3) is 0.406. The number of pyridine rings is 3. The van der Waals surface area contributed by atoms with Gasteiger partial charge in [-0.3, -0.25) is 24.5 Å². The molecule has 456 valence electrons. The van der Waals surface area contributed by atoms with E-state index in [4.69, 9.17) is 19.7 Å². The Labute approximate surface area is 502 Å². The molecule has 0 saturated carbocycles. The van der Waals surface area contributed by atoms with Gasteiger partial charge in [-0.2, -0.15) is 0 Å². The van der Waals surface area contributed by atoms with Crippen molar-refractivity contribution in [2.45, 2.75) is 170 Å². The quantitative estimate of drug-likeness (QED) is 0.0722. The van der Waals surface area contributed by atoms with Crippen molar-refractivity contribution in [2.75, 3.05) is 13.2 Å². The number of hydrogen-bond acceptors (Lipinski definition) is 11. The zero-order valence-corrected chi connectivity index (χ0v) is 52.2. The molecular weight excluding hydrogens is 1090 g/mol. The summed E-state index contributed by atoms with van der Waals surface area (Å²) in [6.07, 6.45) is 9.41. The van der Waals surface area contributed by atoms with Crippen LogP contribution < -0.4 is 16.7 Å². The molecule has 11 rings (SSSR count). The van der Waals surface area contributed by atoms with Crippen molar-refractivity contribution in [1.29, 1.82) is 0 Å². The van der Waals surface area contributed by atoms with Gasteiger partial charge in [0.05, 0.1) is 52.0 Å². The third-order valence-corrected chi connectivity index (χ3v) is 15.4. The molecule has 2 aliphatic heterocycles. The molecule has 2 saturated heterocycles. The second-order valence-electron chi connectivity index (χ2n) is 25.3. The number of nitrogens with zero attached hydrogens (tertiary/aromatic N) is 6. The van der Waals surface area contributed by atoms with E-state index in [1.54, 1.807) is 32.0 Å². The third-order valence-electron chi connectivity index (χ3n) is 15.4. The fourth-order valence-corrected chi connectivity index (χ4v) is 10.9. The molecule has 2 fully saturated rings. The van der Waals surface area contributed by atoms with Crippen LogP contribution >= 0.6 is 0 Å². The highest BCUT2D eigenvalue weighted by molar-refractivity contribution is 5.90. The molecule has 4 aromatic carbocycles. The summed E-state index contributed by atoms with van der Waals surface area (Å²) in [7, 11) is 0. The largest absolute Gasteiger partial charge is 0.394 e. The minimum Gasteiger partial charge on any atom is -0.394 e. The molecule has 6 atom stereocenters. The summed E-state index contributed by atoms with van der Waals surface area (Å²) in [5.41, 5.74) is 6.87. The zero-order chi connectivity index (χ0) is 63.3. The first-order valence-electron chi connectivity index (χ1n) is 29.0. The number of aliphatic hydroxyl groups is 4. The van der Waals surface area contributed by atoms with E-state index < -0.39 is 29.3 Å². The van der Waals surface area contributed by atoms with E-state index in [0.29, 0.717) is 12.8 Å². The van der Waals surface area contributed by atoms with Gasteiger partial charge in [0, 0.05) is 95.1 Å². The normalized spacial score (nSPS) is 18.5. The number of aryl methyl sites for hydroxylation is 5. The minimum atomic E-state index is -0.708. The first-order chi connectivity index (χ1) is 40.4.